The average Bonchev–Trinajstić information content (AvgIpc) is 3.03. The van der Waals surface area contributed by atoms with Crippen molar-refractivity contribution in [2.24, 2.45) is 0 Å². The van der Waals surface area contributed by atoms with Crippen molar-refractivity contribution >= 4 is 40.1 Å². The molecule has 1 N–H and O–H groups in total. The number of benzene rings is 3. The van der Waals surface area contributed by atoms with Crippen molar-refractivity contribution in [2.75, 3.05) is 17.2 Å². The molecule has 2 aliphatic rings. The molecule has 1 aliphatic carbocycles. The standard InChI is InChI=1S/C30H32N2O3S2/c33-29(31-18-9-19-36-24-12-5-2-6-13-24)23-16-17-28-26(20-23)32(21-22-10-3-1-4-11-22)30(34)25-14-7-8-15-27(25)37(28)35/h1,3-4,7-8,10-11,14-17,20,24H,2,5-6,9,12-13,18-19,21H2,(H,31,33)/t37-/m0/s1. The highest BCUT2D eigenvalue weighted by Crippen LogP contribution is 2.36. The summed E-state index contributed by atoms with van der Waals surface area (Å²) in [5.41, 5.74) is 2.36. The van der Waals surface area contributed by atoms with E-state index in [1.807, 2.05) is 42.1 Å². The molecule has 1 heterocycles. The molecular weight excluding hydrogens is 500 g/mol. The van der Waals surface area contributed by atoms with Gasteiger partial charge < -0.3 is 10.2 Å². The number of carbonyl (C=O) groups excluding carboxylic acids is 2. The Morgan fingerprint density at radius 2 is 1.70 bits per heavy atom. The van der Waals surface area contributed by atoms with E-state index in [9.17, 15) is 13.8 Å². The van der Waals surface area contributed by atoms with Crippen molar-refractivity contribution in [1.29, 1.82) is 0 Å². The van der Waals surface area contributed by atoms with Gasteiger partial charge in [0.2, 0.25) is 0 Å². The zero-order chi connectivity index (χ0) is 25.6. The Kier molecular flexibility index (Phi) is 8.41. The third-order valence-electron chi connectivity index (χ3n) is 6.97. The molecule has 0 aromatic heterocycles. The summed E-state index contributed by atoms with van der Waals surface area (Å²) in [6, 6.07) is 21.9. The van der Waals surface area contributed by atoms with Crippen LogP contribution < -0.4 is 10.2 Å². The number of nitrogens with zero attached hydrogens (tertiary/aromatic N) is 1. The molecule has 1 fully saturated rings. The summed E-state index contributed by atoms with van der Waals surface area (Å²) < 4.78 is 13.6. The molecule has 37 heavy (non-hydrogen) atoms. The topological polar surface area (TPSA) is 66.5 Å². The molecule has 3 aromatic rings. The zero-order valence-corrected chi connectivity index (χ0v) is 22.5. The number of hydrogen-bond donors (Lipinski definition) is 1. The van der Waals surface area contributed by atoms with E-state index in [0.29, 0.717) is 39.7 Å². The van der Waals surface area contributed by atoms with E-state index in [1.54, 1.807) is 47.4 Å². The molecule has 0 saturated heterocycles. The second-order valence-electron chi connectivity index (χ2n) is 9.56. The van der Waals surface area contributed by atoms with Crippen molar-refractivity contribution in [3.05, 3.63) is 89.5 Å². The smallest absolute Gasteiger partial charge is 0.259 e. The van der Waals surface area contributed by atoms with Crippen LogP contribution in [0.3, 0.4) is 0 Å². The number of fused-ring (bicyclic) bond motifs is 2. The summed E-state index contributed by atoms with van der Waals surface area (Å²) in [6.07, 6.45) is 7.60. The molecule has 1 aliphatic heterocycles. The molecule has 2 amide bonds. The molecule has 3 aromatic carbocycles. The largest absolute Gasteiger partial charge is 0.352 e. The minimum Gasteiger partial charge on any atom is -0.352 e. The minimum absolute atomic E-state index is 0.176. The van der Waals surface area contributed by atoms with Crippen LogP contribution in [-0.2, 0) is 17.3 Å². The van der Waals surface area contributed by atoms with E-state index in [0.717, 1.165) is 23.0 Å². The normalized spacial score (nSPS) is 17.6. The molecule has 0 spiro atoms. The van der Waals surface area contributed by atoms with E-state index in [-0.39, 0.29) is 11.8 Å². The molecule has 0 unspecified atom stereocenters. The van der Waals surface area contributed by atoms with Crippen LogP contribution in [-0.4, -0.2) is 33.6 Å². The summed E-state index contributed by atoms with van der Waals surface area (Å²) in [4.78, 5) is 29.4. The van der Waals surface area contributed by atoms with Crippen LogP contribution in [0.25, 0.3) is 0 Å². The molecular formula is C30H32N2O3S2. The molecule has 1 saturated carbocycles. The van der Waals surface area contributed by atoms with Crippen LogP contribution >= 0.6 is 11.8 Å². The second-order valence-corrected chi connectivity index (χ2v) is 12.4. The lowest BCUT2D eigenvalue weighted by molar-refractivity contribution is 0.0950. The molecule has 5 nitrogen and oxygen atoms in total. The summed E-state index contributed by atoms with van der Waals surface area (Å²) in [7, 11) is -1.54. The first kappa shape index (κ1) is 25.7. The van der Waals surface area contributed by atoms with Crippen molar-refractivity contribution < 1.29 is 13.8 Å². The summed E-state index contributed by atoms with van der Waals surface area (Å²) >= 11 is 2.03. The van der Waals surface area contributed by atoms with E-state index in [2.05, 4.69) is 5.32 Å². The maximum absolute atomic E-state index is 13.7. The molecule has 0 bridgehead atoms. The van der Waals surface area contributed by atoms with Gasteiger partial charge in [-0.1, -0.05) is 61.7 Å². The van der Waals surface area contributed by atoms with Gasteiger partial charge in [-0.25, -0.2) is 4.21 Å². The summed E-state index contributed by atoms with van der Waals surface area (Å²) in [5.74, 6) is 0.653. The summed E-state index contributed by atoms with van der Waals surface area (Å²) in [6.45, 7) is 0.932. The van der Waals surface area contributed by atoms with Gasteiger partial charge in [0.05, 0.1) is 38.4 Å². The molecule has 7 heteroatoms. The Morgan fingerprint density at radius 1 is 0.946 bits per heavy atom. The Labute approximate surface area is 225 Å². The van der Waals surface area contributed by atoms with Crippen molar-refractivity contribution in [3.63, 3.8) is 0 Å². The Morgan fingerprint density at radius 3 is 2.51 bits per heavy atom. The maximum atomic E-state index is 13.7. The zero-order valence-electron chi connectivity index (χ0n) is 20.9. The van der Waals surface area contributed by atoms with Crippen molar-refractivity contribution in [2.45, 2.75) is 60.1 Å². The van der Waals surface area contributed by atoms with E-state index in [4.69, 9.17) is 0 Å². The Balaban J connectivity index is 1.34. The van der Waals surface area contributed by atoms with Gasteiger partial charge >= 0.3 is 0 Å². The van der Waals surface area contributed by atoms with Gasteiger partial charge in [0.15, 0.2) is 0 Å². The fraction of sp³-hybridized carbons (Fsp3) is 0.333. The number of carbonyl (C=O) groups is 2. The molecule has 0 radical (unpaired) electrons. The van der Waals surface area contributed by atoms with Gasteiger partial charge in [-0.3, -0.25) is 9.59 Å². The minimum atomic E-state index is -1.54. The van der Waals surface area contributed by atoms with E-state index in [1.165, 1.54) is 32.1 Å². The number of anilines is 1. The highest BCUT2D eigenvalue weighted by molar-refractivity contribution is 7.99. The van der Waals surface area contributed by atoms with Crippen molar-refractivity contribution in [3.8, 4) is 0 Å². The highest BCUT2D eigenvalue weighted by Gasteiger charge is 2.31. The lowest BCUT2D eigenvalue weighted by atomic mass is 10.0. The monoisotopic (exact) mass is 532 g/mol. The van der Waals surface area contributed by atoms with Gasteiger partial charge in [0.25, 0.3) is 11.8 Å². The lowest BCUT2D eigenvalue weighted by Crippen LogP contribution is -2.31. The first-order valence-electron chi connectivity index (χ1n) is 13.0. The predicted octanol–water partition coefficient (Wildman–Crippen LogP) is 6.20. The van der Waals surface area contributed by atoms with Crippen LogP contribution in [0, 0.1) is 0 Å². The Bertz CT molecular complexity index is 1290. The molecule has 192 valence electrons. The van der Waals surface area contributed by atoms with Gasteiger partial charge in [-0.15, -0.1) is 0 Å². The molecule has 5 rings (SSSR count). The van der Waals surface area contributed by atoms with Gasteiger partial charge in [-0.2, -0.15) is 11.8 Å². The first-order valence-corrected chi connectivity index (χ1v) is 15.2. The number of rotatable bonds is 8. The fourth-order valence-electron chi connectivity index (χ4n) is 4.99. The van der Waals surface area contributed by atoms with Gasteiger partial charge in [-0.05, 0) is 60.9 Å². The van der Waals surface area contributed by atoms with Crippen LogP contribution in [0.15, 0.2) is 82.6 Å². The van der Waals surface area contributed by atoms with Crippen molar-refractivity contribution in [1.82, 2.24) is 5.32 Å². The number of nitrogens with one attached hydrogen (secondary N) is 1. The van der Waals surface area contributed by atoms with Crippen LogP contribution in [0.2, 0.25) is 0 Å². The van der Waals surface area contributed by atoms with Gasteiger partial charge in [0, 0.05) is 17.4 Å². The SMILES string of the molecule is O=C(NCCCSC1CCCCC1)c1ccc2c(c1)N(Cc1ccccc1)C(=O)c1ccccc1[S@@]2=O. The Hall–Kier alpha value is -2.90. The van der Waals surface area contributed by atoms with Gasteiger partial charge in [0.1, 0.15) is 0 Å². The average molecular weight is 533 g/mol. The third kappa shape index (κ3) is 5.99. The summed E-state index contributed by atoms with van der Waals surface area (Å²) in [5, 5.41) is 3.80. The number of thioether (sulfide) groups is 1. The van der Waals surface area contributed by atoms with E-state index >= 15 is 0 Å². The first-order chi connectivity index (χ1) is 18.1. The third-order valence-corrected chi connectivity index (χ3v) is 9.94. The predicted molar refractivity (Wildman–Crippen MR) is 151 cm³/mol. The highest BCUT2D eigenvalue weighted by atomic mass is 32.2. The lowest BCUT2D eigenvalue weighted by Gasteiger charge is -2.23. The fourth-order valence-corrected chi connectivity index (χ4v) is 7.64. The second kappa shape index (κ2) is 12.1. The number of hydrogen-bond acceptors (Lipinski definition) is 4. The quantitative estimate of drug-likeness (QED) is 0.351. The van der Waals surface area contributed by atoms with E-state index < -0.39 is 10.8 Å². The molecule has 1 atom stereocenters. The maximum Gasteiger partial charge on any atom is 0.259 e. The van der Waals surface area contributed by atoms with Crippen LogP contribution in [0.5, 0.6) is 0 Å². The van der Waals surface area contributed by atoms with Crippen LogP contribution in [0.4, 0.5) is 5.69 Å². The van der Waals surface area contributed by atoms with Crippen LogP contribution in [0.1, 0.15) is 64.8 Å². The number of amides is 2.